The summed E-state index contributed by atoms with van der Waals surface area (Å²) in [4.78, 5) is 23.3. The Morgan fingerprint density at radius 3 is 2.48 bits per heavy atom. The number of carboxylic acid groups (broad SMARTS) is 1. The molecule has 0 fully saturated rings. The normalized spacial score (nSPS) is 12.8. The van der Waals surface area contributed by atoms with E-state index in [0.717, 1.165) is 6.42 Å². The number of benzene rings is 1. The number of carboxylic acids is 1. The van der Waals surface area contributed by atoms with Crippen LogP contribution in [0.15, 0.2) is 23.1 Å². The predicted octanol–water partition coefficient (Wildman–Crippen LogP) is 2.11. The van der Waals surface area contributed by atoms with E-state index < -0.39 is 16.8 Å². The van der Waals surface area contributed by atoms with Crippen molar-refractivity contribution in [2.24, 2.45) is 0 Å². The van der Waals surface area contributed by atoms with Gasteiger partial charge in [0.1, 0.15) is 5.75 Å². The van der Waals surface area contributed by atoms with Crippen molar-refractivity contribution >= 4 is 22.7 Å². The molecule has 1 amide bonds. The van der Waals surface area contributed by atoms with Crippen LogP contribution in [-0.4, -0.2) is 32.5 Å². The number of hydrogen-bond donors (Lipinski definition) is 2. The van der Waals surface area contributed by atoms with Crippen LogP contribution in [0.4, 0.5) is 0 Å². The molecule has 0 spiro atoms. The first-order valence-electron chi connectivity index (χ1n) is 6.69. The Morgan fingerprint density at radius 2 is 1.95 bits per heavy atom. The Morgan fingerprint density at radius 1 is 1.33 bits per heavy atom. The molecule has 1 aromatic rings. The summed E-state index contributed by atoms with van der Waals surface area (Å²) in [5, 5.41) is 11.9. The number of carbonyl (C=O) groups excluding carboxylic acids is 1. The lowest BCUT2D eigenvalue weighted by Gasteiger charge is -2.24. The summed E-state index contributed by atoms with van der Waals surface area (Å²) in [6, 6.07) is 4.56. The molecule has 21 heavy (non-hydrogen) atoms. The molecule has 2 N–H and O–H groups in total. The molecule has 0 bridgehead atoms. The van der Waals surface area contributed by atoms with Gasteiger partial charge in [0.2, 0.25) is 5.91 Å². The van der Waals surface area contributed by atoms with E-state index in [0.29, 0.717) is 10.5 Å². The van der Waals surface area contributed by atoms with E-state index in [4.69, 9.17) is 5.11 Å². The van der Waals surface area contributed by atoms with Crippen LogP contribution in [0.2, 0.25) is 0 Å². The molecule has 1 aromatic carbocycles. The predicted molar refractivity (Wildman–Crippen MR) is 81.9 cm³/mol. The molecule has 0 aliphatic heterocycles. The topological polar surface area (TPSA) is 83.5 Å². The highest BCUT2D eigenvalue weighted by molar-refractivity contribution is 7.85. The first-order chi connectivity index (χ1) is 9.66. The van der Waals surface area contributed by atoms with Crippen LogP contribution < -0.4 is 5.32 Å². The third-order valence-corrected chi connectivity index (χ3v) is 4.63. The molecule has 1 unspecified atom stereocenters. The van der Waals surface area contributed by atoms with Gasteiger partial charge in [-0.25, -0.2) is 4.79 Å². The Bertz CT molecular complexity index is 581. The fraction of sp³-hybridized carbons (Fsp3) is 0.467. The summed E-state index contributed by atoms with van der Waals surface area (Å²) in [6.07, 6.45) is 0.763. The monoisotopic (exact) mass is 311 g/mol. The highest BCUT2D eigenvalue weighted by atomic mass is 32.2. The molecule has 5 nitrogen and oxygen atoms in total. The first-order valence-corrected chi connectivity index (χ1v) is 8.01. The van der Waals surface area contributed by atoms with Crippen molar-refractivity contribution in [2.75, 3.05) is 5.75 Å². The largest absolute Gasteiger partial charge is 0.478 e. The van der Waals surface area contributed by atoms with Crippen LogP contribution in [0, 0.1) is 6.92 Å². The van der Waals surface area contributed by atoms with Crippen LogP contribution in [-0.2, 0) is 15.6 Å². The van der Waals surface area contributed by atoms with Gasteiger partial charge >= 0.3 is 5.97 Å². The molecule has 0 saturated heterocycles. The molecular weight excluding hydrogens is 290 g/mol. The van der Waals surface area contributed by atoms with E-state index in [9.17, 15) is 13.8 Å². The zero-order chi connectivity index (χ0) is 16.2. The molecule has 1 atom stereocenters. The third-order valence-electron chi connectivity index (χ3n) is 3.33. The van der Waals surface area contributed by atoms with Gasteiger partial charge in [-0.1, -0.05) is 13.0 Å². The molecule has 0 aliphatic carbocycles. The fourth-order valence-corrected chi connectivity index (χ4v) is 2.62. The summed E-state index contributed by atoms with van der Waals surface area (Å²) in [7, 11) is -1.56. The van der Waals surface area contributed by atoms with E-state index in [1.54, 1.807) is 19.1 Å². The minimum absolute atomic E-state index is 0.107. The van der Waals surface area contributed by atoms with Gasteiger partial charge in [0.05, 0.1) is 16.4 Å². The minimum Gasteiger partial charge on any atom is -0.478 e. The second kappa shape index (κ2) is 6.85. The highest BCUT2D eigenvalue weighted by Crippen LogP contribution is 2.15. The fourth-order valence-electron chi connectivity index (χ4n) is 1.68. The Kier molecular flexibility index (Phi) is 5.66. The van der Waals surface area contributed by atoms with E-state index in [1.807, 2.05) is 20.8 Å². The van der Waals surface area contributed by atoms with Crippen molar-refractivity contribution in [2.45, 2.75) is 44.6 Å². The van der Waals surface area contributed by atoms with Gasteiger partial charge in [0.15, 0.2) is 0 Å². The number of hydrogen-bond acceptors (Lipinski definition) is 3. The van der Waals surface area contributed by atoms with Gasteiger partial charge in [-0.3, -0.25) is 9.00 Å². The Hall–Kier alpha value is -1.69. The zero-order valence-corrected chi connectivity index (χ0v) is 13.5. The third kappa shape index (κ3) is 4.97. The smallest absolute Gasteiger partial charge is 0.335 e. The van der Waals surface area contributed by atoms with Gasteiger partial charge in [-0.2, -0.15) is 0 Å². The molecule has 6 heteroatoms. The molecular formula is C15H21NO4S. The number of carbonyl (C=O) groups is 2. The number of aryl methyl sites for hydroxylation is 1. The van der Waals surface area contributed by atoms with E-state index in [1.165, 1.54) is 6.07 Å². The number of rotatable bonds is 6. The SMILES string of the molecule is CCC(C)(C)NC(=O)CS(=O)c1ccc(C)c(C(=O)O)c1. The van der Waals surface area contributed by atoms with E-state index in [-0.39, 0.29) is 22.8 Å². The van der Waals surface area contributed by atoms with Gasteiger partial charge in [-0.05, 0) is 44.9 Å². The molecule has 0 saturated carbocycles. The highest BCUT2D eigenvalue weighted by Gasteiger charge is 2.20. The lowest BCUT2D eigenvalue weighted by atomic mass is 10.0. The van der Waals surface area contributed by atoms with Crippen molar-refractivity contribution < 1.29 is 18.9 Å². The van der Waals surface area contributed by atoms with E-state index in [2.05, 4.69) is 5.32 Å². The second-order valence-electron chi connectivity index (χ2n) is 5.56. The number of aromatic carboxylic acids is 1. The van der Waals surface area contributed by atoms with Crippen LogP contribution in [0.3, 0.4) is 0 Å². The molecule has 1 rings (SSSR count). The van der Waals surface area contributed by atoms with Gasteiger partial charge in [0.25, 0.3) is 0 Å². The molecule has 0 aromatic heterocycles. The summed E-state index contributed by atoms with van der Waals surface area (Å²) < 4.78 is 12.2. The number of nitrogens with one attached hydrogen (secondary N) is 1. The van der Waals surface area contributed by atoms with Crippen molar-refractivity contribution in [3.05, 3.63) is 29.3 Å². The Labute approximate surface area is 127 Å². The number of amides is 1. The van der Waals surface area contributed by atoms with Crippen LogP contribution in [0.25, 0.3) is 0 Å². The summed E-state index contributed by atoms with van der Waals surface area (Å²) >= 11 is 0. The maximum atomic E-state index is 12.2. The maximum Gasteiger partial charge on any atom is 0.335 e. The van der Waals surface area contributed by atoms with Crippen LogP contribution >= 0.6 is 0 Å². The molecule has 116 valence electrons. The minimum atomic E-state index is -1.56. The van der Waals surface area contributed by atoms with Crippen molar-refractivity contribution in [3.8, 4) is 0 Å². The average Bonchev–Trinajstić information content (AvgIpc) is 2.37. The average molecular weight is 311 g/mol. The lowest BCUT2D eigenvalue weighted by molar-refractivity contribution is -0.120. The Balaban J connectivity index is 2.83. The summed E-state index contributed by atoms with van der Waals surface area (Å²) in [5.74, 6) is -1.55. The van der Waals surface area contributed by atoms with Crippen molar-refractivity contribution in [1.82, 2.24) is 5.32 Å². The van der Waals surface area contributed by atoms with Gasteiger partial charge in [-0.15, -0.1) is 0 Å². The quantitative estimate of drug-likeness (QED) is 0.843. The van der Waals surface area contributed by atoms with Crippen molar-refractivity contribution in [1.29, 1.82) is 0 Å². The van der Waals surface area contributed by atoms with Crippen LogP contribution in [0.5, 0.6) is 0 Å². The van der Waals surface area contributed by atoms with Gasteiger partial charge < -0.3 is 10.4 Å². The van der Waals surface area contributed by atoms with E-state index >= 15 is 0 Å². The maximum absolute atomic E-state index is 12.2. The lowest BCUT2D eigenvalue weighted by Crippen LogP contribution is -2.44. The summed E-state index contributed by atoms with van der Waals surface area (Å²) in [6.45, 7) is 7.41. The molecule has 0 heterocycles. The van der Waals surface area contributed by atoms with Crippen LogP contribution in [0.1, 0.15) is 43.1 Å². The summed E-state index contributed by atoms with van der Waals surface area (Å²) in [5.41, 5.74) is 0.357. The standard InChI is InChI=1S/C15H21NO4S/c1-5-15(3,4)16-13(17)9-21(20)11-7-6-10(2)12(8-11)14(18)19/h6-8H,5,9H2,1-4H3,(H,16,17)(H,18,19). The zero-order valence-electron chi connectivity index (χ0n) is 12.7. The second-order valence-corrected chi connectivity index (χ2v) is 7.01. The van der Waals surface area contributed by atoms with Gasteiger partial charge in [0, 0.05) is 10.4 Å². The molecule has 0 aliphatic rings. The molecule has 0 radical (unpaired) electrons. The first kappa shape index (κ1) is 17.4. The van der Waals surface area contributed by atoms with Crippen molar-refractivity contribution in [3.63, 3.8) is 0 Å².